The average molecular weight is 312 g/mol. The van der Waals surface area contributed by atoms with Crippen molar-refractivity contribution < 1.29 is 9.59 Å². The minimum Gasteiger partial charge on any atom is -0.334 e. The van der Waals surface area contributed by atoms with Gasteiger partial charge in [-0.05, 0) is 25.5 Å². The van der Waals surface area contributed by atoms with Crippen molar-refractivity contribution in [3.8, 4) is 0 Å². The highest BCUT2D eigenvalue weighted by atomic mass is 35.5. The minimum absolute atomic E-state index is 0. The summed E-state index contributed by atoms with van der Waals surface area (Å²) in [6, 6.07) is 8.98. The van der Waals surface area contributed by atoms with Gasteiger partial charge in [0.1, 0.15) is 6.04 Å². The molecule has 2 unspecified atom stereocenters. The third kappa shape index (κ3) is 3.95. The van der Waals surface area contributed by atoms with E-state index in [-0.39, 0.29) is 42.7 Å². The Bertz CT molecular complexity index is 493. The van der Waals surface area contributed by atoms with Crippen LogP contribution in [0.3, 0.4) is 0 Å². The van der Waals surface area contributed by atoms with E-state index in [1.54, 1.807) is 18.9 Å². The highest BCUT2D eigenvalue weighted by molar-refractivity contribution is 6.01. The topological polar surface area (TPSA) is 66.6 Å². The van der Waals surface area contributed by atoms with Crippen molar-refractivity contribution in [1.82, 2.24) is 4.90 Å². The molecule has 1 fully saturated rings. The molecule has 0 aromatic heterocycles. The number of nitrogens with two attached hydrogens (primary N) is 1. The van der Waals surface area contributed by atoms with Crippen LogP contribution in [0.25, 0.3) is 0 Å². The molecule has 2 amide bonds. The second kappa shape index (κ2) is 7.43. The molecular formula is C15H22ClN3O2. The lowest BCUT2D eigenvalue weighted by Gasteiger charge is -2.24. The maximum absolute atomic E-state index is 12.4. The second-order valence-corrected chi connectivity index (χ2v) is 5.32. The zero-order valence-electron chi connectivity index (χ0n) is 12.4. The van der Waals surface area contributed by atoms with Gasteiger partial charge < -0.3 is 15.5 Å². The summed E-state index contributed by atoms with van der Waals surface area (Å²) in [5.74, 6) is -0.0926. The number of rotatable bonds is 4. The molecular weight excluding hydrogens is 290 g/mol. The first-order chi connectivity index (χ1) is 9.50. The van der Waals surface area contributed by atoms with E-state index in [1.165, 1.54) is 4.90 Å². The summed E-state index contributed by atoms with van der Waals surface area (Å²) in [5.41, 5.74) is 6.52. The summed E-state index contributed by atoms with van der Waals surface area (Å²) >= 11 is 0. The Morgan fingerprint density at radius 1 is 1.43 bits per heavy atom. The number of likely N-dealkylation sites (N-methyl/N-ethyl adjacent to an activating group) is 1. The molecule has 2 N–H and O–H groups in total. The van der Waals surface area contributed by atoms with Gasteiger partial charge in [-0.1, -0.05) is 18.2 Å². The molecule has 0 saturated carbocycles. The fraction of sp³-hybridized carbons (Fsp3) is 0.467. The predicted octanol–water partition coefficient (Wildman–Crippen LogP) is 1.41. The molecule has 6 heteroatoms. The van der Waals surface area contributed by atoms with Gasteiger partial charge in [-0.3, -0.25) is 9.59 Å². The van der Waals surface area contributed by atoms with Gasteiger partial charge in [-0.15, -0.1) is 12.4 Å². The molecule has 1 aromatic carbocycles. The van der Waals surface area contributed by atoms with Crippen molar-refractivity contribution in [2.45, 2.75) is 31.8 Å². The fourth-order valence-corrected chi connectivity index (χ4v) is 2.48. The van der Waals surface area contributed by atoms with Crippen LogP contribution in [-0.4, -0.2) is 42.4 Å². The molecule has 116 valence electrons. The predicted molar refractivity (Wildman–Crippen MR) is 85.5 cm³/mol. The van der Waals surface area contributed by atoms with Crippen LogP contribution >= 0.6 is 12.4 Å². The van der Waals surface area contributed by atoms with Crippen LogP contribution in [0, 0.1) is 0 Å². The van der Waals surface area contributed by atoms with Gasteiger partial charge in [0, 0.05) is 31.7 Å². The Kier molecular flexibility index (Phi) is 6.18. The molecule has 1 aliphatic rings. The molecule has 2 rings (SSSR count). The van der Waals surface area contributed by atoms with Gasteiger partial charge in [-0.2, -0.15) is 0 Å². The van der Waals surface area contributed by atoms with Gasteiger partial charge in [0.25, 0.3) is 0 Å². The number of hydrogen-bond acceptors (Lipinski definition) is 3. The molecule has 0 radical (unpaired) electrons. The Morgan fingerprint density at radius 3 is 2.62 bits per heavy atom. The first-order valence-corrected chi connectivity index (χ1v) is 6.88. The minimum atomic E-state index is -0.374. The first-order valence-electron chi connectivity index (χ1n) is 6.88. The SMILES string of the molecule is CC(N)CC(=O)N(C)C1CCN(c2ccccc2)C1=O.Cl. The summed E-state index contributed by atoms with van der Waals surface area (Å²) in [6.45, 7) is 2.43. The fourth-order valence-electron chi connectivity index (χ4n) is 2.48. The molecule has 2 atom stereocenters. The molecule has 21 heavy (non-hydrogen) atoms. The van der Waals surface area contributed by atoms with E-state index in [4.69, 9.17) is 5.73 Å². The number of benzene rings is 1. The van der Waals surface area contributed by atoms with E-state index in [0.29, 0.717) is 13.0 Å². The van der Waals surface area contributed by atoms with Crippen molar-refractivity contribution >= 4 is 29.9 Å². The van der Waals surface area contributed by atoms with Crippen LogP contribution in [0.15, 0.2) is 30.3 Å². The molecule has 0 aliphatic carbocycles. The highest BCUT2D eigenvalue weighted by Gasteiger charge is 2.36. The third-order valence-corrected chi connectivity index (χ3v) is 3.60. The number of carbonyl (C=O) groups excluding carboxylic acids is 2. The van der Waals surface area contributed by atoms with Crippen LogP contribution in [0.5, 0.6) is 0 Å². The second-order valence-electron chi connectivity index (χ2n) is 5.32. The summed E-state index contributed by atoms with van der Waals surface area (Å²) in [5, 5.41) is 0. The highest BCUT2D eigenvalue weighted by Crippen LogP contribution is 2.23. The summed E-state index contributed by atoms with van der Waals surface area (Å²) in [6.07, 6.45) is 0.931. The molecule has 1 heterocycles. The van der Waals surface area contributed by atoms with Crippen molar-refractivity contribution in [3.05, 3.63) is 30.3 Å². The van der Waals surface area contributed by atoms with Crippen LogP contribution < -0.4 is 10.6 Å². The van der Waals surface area contributed by atoms with Gasteiger partial charge >= 0.3 is 0 Å². The number of para-hydroxylation sites is 1. The van der Waals surface area contributed by atoms with E-state index in [1.807, 2.05) is 30.3 Å². The van der Waals surface area contributed by atoms with Gasteiger partial charge in [0.15, 0.2) is 0 Å². The van der Waals surface area contributed by atoms with Crippen LogP contribution in [0.1, 0.15) is 19.8 Å². The van der Waals surface area contributed by atoms with Crippen LogP contribution in [0.2, 0.25) is 0 Å². The van der Waals surface area contributed by atoms with E-state index in [2.05, 4.69) is 0 Å². The van der Waals surface area contributed by atoms with E-state index in [0.717, 1.165) is 5.69 Å². The van der Waals surface area contributed by atoms with E-state index in [9.17, 15) is 9.59 Å². The molecule has 5 nitrogen and oxygen atoms in total. The summed E-state index contributed by atoms with van der Waals surface area (Å²) < 4.78 is 0. The Balaban J connectivity index is 0.00000220. The zero-order valence-corrected chi connectivity index (χ0v) is 13.2. The number of amides is 2. The molecule has 1 aliphatic heterocycles. The van der Waals surface area contributed by atoms with Crippen molar-refractivity contribution in [2.24, 2.45) is 5.73 Å². The average Bonchev–Trinajstić information content (AvgIpc) is 2.80. The van der Waals surface area contributed by atoms with E-state index >= 15 is 0 Å². The standard InChI is InChI=1S/C15H21N3O2.ClH/c1-11(16)10-14(19)17(2)13-8-9-18(15(13)20)12-6-4-3-5-7-12;/h3-7,11,13H,8-10,16H2,1-2H3;1H. The normalized spacial score (nSPS) is 19.1. The Hall–Kier alpha value is -1.59. The first kappa shape index (κ1) is 17.5. The van der Waals surface area contributed by atoms with Gasteiger partial charge in [-0.25, -0.2) is 0 Å². The number of nitrogens with zero attached hydrogens (tertiary/aromatic N) is 2. The quantitative estimate of drug-likeness (QED) is 0.914. The third-order valence-electron chi connectivity index (χ3n) is 3.60. The smallest absolute Gasteiger partial charge is 0.249 e. The summed E-state index contributed by atoms with van der Waals surface area (Å²) in [4.78, 5) is 27.7. The molecule has 1 saturated heterocycles. The number of hydrogen-bond donors (Lipinski definition) is 1. The van der Waals surface area contributed by atoms with E-state index < -0.39 is 0 Å². The largest absolute Gasteiger partial charge is 0.334 e. The van der Waals surface area contributed by atoms with Crippen molar-refractivity contribution in [2.75, 3.05) is 18.5 Å². The maximum Gasteiger partial charge on any atom is 0.249 e. The Morgan fingerprint density at radius 2 is 2.05 bits per heavy atom. The number of anilines is 1. The van der Waals surface area contributed by atoms with Crippen molar-refractivity contribution in [3.63, 3.8) is 0 Å². The molecule has 1 aromatic rings. The van der Waals surface area contributed by atoms with Crippen LogP contribution in [-0.2, 0) is 9.59 Å². The van der Waals surface area contributed by atoms with Gasteiger partial charge in [0.2, 0.25) is 11.8 Å². The number of carbonyl (C=O) groups is 2. The van der Waals surface area contributed by atoms with Crippen molar-refractivity contribution in [1.29, 1.82) is 0 Å². The lowest BCUT2D eigenvalue weighted by molar-refractivity contribution is -0.136. The lowest BCUT2D eigenvalue weighted by atomic mass is 10.1. The maximum atomic E-state index is 12.4. The summed E-state index contributed by atoms with van der Waals surface area (Å²) in [7, 11) is 1.68. The lowest BCUT2D eigenvalue weighted by Crippen LogP contribution is -2.44. The monoisotopic (exact) mass is 311 g/mol. The van der Waals surface area contributed by atoms with Gasteiger partial charge in [0.05, 0.1) is 0 Å². The number of halogens is 1. The Labute approximate surface area is 131 Å². The van der Waals surface area contributed by atoms with Crippen LogP contribution in [0.4, 0.5) is 5.69 Å². The molecule has 0 spiro atoms. The molecule has 0 bridgehead atoms. The zero-order chi connectivity index (χ0) is 14.7.